The lowest BCUT2D eigenvalue weighted by atomic mass is 9.89. The second-order valence-electron chi connectivity index (χ2n) is 9.88. The van der Waals surface area contributed by atoms with Crippen LogP contribution in [-0.4, -0.2) is 34.3 Å². The molecule has 2 N–H and O–H groups in total. The summed E-state index contributed by atoms with van der Waals surface area (Å²) in [4.78, 5) is 15.0. The molecule has 5 heteroatoms. The molecular weight excluding hydrogens is 374 g/mol. The Labute approximate surface area is 178 Å². The van der Waals surface area contributed by atoms with E-state index in [4.69, 9.17) is 4.74 Å². The van der Waals surface area contributed by atoms with Gasteiger partial charge in [0.15, 0.2) is 0 Å². The van der Waals surface area contributed by atoms with E-state index in [9.17, 15) is 4.79 Å². The zero-order valence-corrected chi connectivity index (χ0v) is 18.0. The Bertz CT molecular complexity index is 861. The number of nitrogens with one attached hydrogen (secondary N) is 2. The normalized spacial score (nSPS) is 29.5. The minimum atomic E-state index is -0.484. The van der Waals surface area contributed by atoms with Gasteiger partial charge in [-0.3, -0.25) is 15.5 Å². The Morgan fingerprint density at radius 3 is 1.97 bits per heavy atom. The fourth-order valence-corrected chi connectivity index (χ4v) is 5.61. The molecule has 1 spiro atoms. The number of hydrogen-bond acceptors (Lipinski definition) is 4. The van der Waals surface area contributed by atoms with Crippen LogP contribution in [0.1, 0.15) is 63.2 Å². The van der Waals surface area contributed by atoms with Gasteiger partial charge in [-0.1, -0.05) is 60.7 Å². The quantitative estimate of drug-likeness (QED) is 0.771. The molecular formula is C25H31N3O2. The Kier molecular flexibility index (Phi) is 4.64. The van der Waals surface area contributed by atoms with E-state index in [0.29, 0.717) is 0 Å². The molecule has 0 saturated carbocycles. The summed E-state index contributed by atoms with van der Waals surface area (Å²) >= 11 is 0. The first-order chi connectivity index (χ1) is 14.4. The third-order valence-electron chi connectivity index (χ3n) is 6.71. The number of hydrogen-bond donors (Lipinski definition) is 2. The minimum Gasteiger partial charge on any atom is -0.444 e. The summed E-state index contributed by atoms with van der Waals surface area (Å²) in [5.74, 6) is 0. The summed E-state index contributed by atoms with van der Waals surface area (Å²) in [6.07, 6.45) is 2.76. The summed E-state index contributed by atoms with van der Waals surface area (Å²) in [5, 5.41) is 7.90. The van der Waals surface area contributed by atoms with E-state index in [1.165, 1.54) is 11.1 Å². The Morgan fingerprint density at radius 1 is 0.933 bits per heavy atom. The summed E-state index contributed by atoms with van der Waals surface area (Å²) in [6.45, 7) is 5.80. The van der Waals surface area contributed by atoms with Crippen LogP contribution in [-0.2, 0) is 4.74 Å². The van der Waals surface area contributed by atoms with Gasteiger partial charge in [-0.2, -0.15) is 0 Å². The van der Waals surface area contributed by atoms with Gasteiger partial charge in [0.1, 0.15) is 5.60 Å². The third kappa shape index (κ3) is 3.30. The molecule has 3 aliphatic rings. The molecule has 1 unspecified atom stereocenters. The van der Waals surface area contributed by atoms with Crippen molar-refractivity contribution in [3.63, 3.8) is 0 Å². The highest BCUT2D eigenvalue weighted by molar-refractivity contribution is 5.70. The van der Waals surface area contributed by atoms with Gasteiger partial charge in [0.05, 0.1) is 23.8 Å². The van der Waals surface area contributed by atoms with E-state index in [0.717, 1.165) is 19.3 Å². The van der Waals surface area contributed by atoms with Crippen molar-refractivity contribution < 1.29 is 9.53 Å². The van der Waals surface area contributed by atoms with Gasteiger partial charge in [-0.05, 0) is 44.7 Å². The van der Waals surface area contributed by atoms with Crippen LogP contribution in [0.3, 0.4) is 0 Å². The van der Waals surface area contributed by atoms with Crippen LogP contribution in [0.4, 0.5) is 4.79 Å². The molecule has 30 heavy (non-hydrogen) atoms. The van der Waals surface area contributed by atoms with Crippen LogP contribution >= 0.6 is 0 Å². The standard InChI is InChI=1S/C25H31N3O2/c1-24(2,3)30-23(29)28-19-14-15-20(28)25(16-19)26-21(17-10-6-4-7-11-17)22(27-25)18-12-8-5-9-13-18/h4-13,19-22,26-27H,14-16H2,1-3H3/t19?,20-,21-,22-/m1/s1. The van der Waals surface area contributed by atoms with E-state index in [1.54, 1.807) is 0 Å². The number of ether oxygens (including phenoxy) is 1. The van der Waals surface area contributed by atoms with E-state index < -0.39 is 5.60 Å². The molecule has 5 rings (SSSR count). The van der Waals surface area contributed by atoms with E-state index in [1.807, 2.05) is 25.7 Å². The molecule has 3 fully saturated rings. The van der Waals surface area contributed by atoms with Gasteiger partial charge >= 0.3 is 6.09 Å². The number of carbonyl (C=O) groups is 1. The molecule has 0 aromatic heterocycles. The highest BCUT2D eigenvalue weighted by atomic mass is 16.6. The van der Waals surface area contributed by atoms with Crippen molar-refractivity contribution in [3.8, 4) is 0 Å². The number of benzene rings is 2. The van der Waals surface area contributed by atoms with Crippen LogP contribution in [0.15, 0.2) is 60.7 Å². The van der Waals surface area contributed by atoms with Gasteiger partial charge in [0.2, 0.25) is 0 Å². The van der Waals surface area contributed by atoms with Crippen molar-refractivity contribution in [1.29, 1.82) is 0 Å². The Morgan fingerprint density at radius 2 is 1.47 bits per heavy atom. The number of carbonyl (C=O) groups excluding carboxylic acids is 1. The molecule has 2 bridgehead atoms. The topological polar surface area (TPSA) is 53.6 Å². The summed E-state index contributed by atoms with van der Waals surface area (Å²) in [5.41, 5.74) is 1.76. The SMILES string of the molecule is CC(C)(C)OC(=O)N1C2CC[C@@H]1C1(C2)N[C@H](c2ccccc2)[C@@H](c2ccccc2)N1. The van der Waals surface area contributed by atoms with Crippen molar-refractivity contribution in [1.82, 2.24) is 15.5 Å². The fourth-order valence-electron chi connectivity index (χ4n) is 5.61. The van der Waals surface area contributed by atoms with Crippen LogP contribution in [0, 0.1) is 0 Å². The van der Waals surface area contributed by atoms with Gasteiger partial charge in [-0.25, -0.2) is 4.79 Å². The highest BCUT2D eigenvalue weighted by Gasteiger charge is 2.62. The predicted molar refractivity (Wildman–Crippen MR) is 117 cm³/mol. The van der Waals surface area contributed by atoms with Crippen molar-refractivity contribution in [2.24, 2.45) is 0 Å². The lowest BCUT2D eigenvalue weighted by molar-refractivity contribution is 0.0188. The van der Waals surface area contributed by atoms with Crippen molar-refractivity contribution >= 4 is 6.09 Å². The van der Waals surface area contributed by atoms with E-state index in [-0.39, 0.29) is 35.9 Å². The second-order valence-corrected chi connectivity index (χ2v) is 9.88. The molecule has 2 aromatic carbocycles. The van der Waals surface area contributed by atoms with Crippen molar-refractivity contribution in [2.75, 3.05) is 0 Å². The largest absolute Gasteiger partial charge is 0.444 e. The average Bonchev–Trinajstić information content (AvgIpc) is 3.39. The zero-order valence-electron chi connectivity index (χ0n) is 18.0. The summed E-state index contributed by atoms with van der Waals surface area (Å²) < 4.78 is 5.76. The van der Waals surface area contributed by atoms with Gasteiger partial charge < -0.3 is 4.74 Å². The minimum absolute atomic E-state index is 0.0947. The van der Waals surface area contributed by atoms with E-state index in [2.05, 4.69) is 71.3 Å². The number of nitrogens with zero attached hydrogens (tertiary/aromatic N) is 1. The van der Waals surface area contributed by atoms with Crippen LogP contribution in [0.2, 0.25) is 0 Å². The predicted octanol–water partition coefficient (Wildman–Crippen LogP) is 4.53. The maximum Gasteiger partial charge on any atom is 0.410 e. The Hall–Kier alpha value is -2.37. The second kappa shape index (κ2) is 7.10. The van der Waals surface area contributed by atoms with Crippen LogP contribution in [0.5, 0.6) is 0 Å². The first-order valence-electron chi connectivity index (χ1n) is 11.0. The molecule has 3 aliphatic heterocycles. The molecule has 0 radical (unpaired) electrons. The molecule has 3 heterocycles. The summed E-state index contributed by atoms with van der Waals surface area (Å²) in [6, 6.07) is 21.9. The summed E-state index contributed by atoms with van der Waals surface area (Å²) in [7, 11) is 0. The highest BCUT2D eigenvalue weighted by Crippen LogP contribution is 2.50. The van der Waals surface area contributed by atoms with Gasteiger partial charge in [-0.15, -0.1) is 0 Å². The maximum atomic E-state index is 13.0. The molecule has 3 saturated heterocycles. The fraction of sp³-hybridized carbons (Fsp3) is 0.480. The smallest absolute Gasteiger partial charge is 0.410 e. The molecule has 0 aliphatic carbocycles. The molecule has 1 amide bonds. The van der Waals surface area contributed by atoms with Crippen LogP contribution < -0.4 is 10.6 Å². The maximum absolute atomic E-state index is 13.0. The van der Waals surface area contributed by atoms with Crippen molar-refractivity contribution in [3.05, 3.63) is 71.8 Å². The van der Waals surface area contributed by atoms with E-state index >= 15 is 0 Å². The number of rotatable bonds is 2. The van der Waals surface area contributed by atoms with Crippen LogP contribution in [0.25, 0.3) is 0 Å². The zero-order chi connectivity index (χ0) is 20.9. The first kappa shape index (κ1) is 19.6. The lowest BCUT2D eigenvalue weighted by Crippen LogP contribution is -2.59. The molecule has 2 aromatic rings. The number of fused-ring (bicyclic) bond motifs is 3. The van der Waals surface area contributed by atoms with Gasteiger partial charge in [0, 0.05) is 12.5 Å². The number of amides is 1. The first-order valence-corrected chi connectivity index (χ1v) is 11.0. The Balaban J connectivity index is 1.47. The molecule has 5 nitrogen and oxygen atoms in total. The third-order valence-corrected chi connectivity index (χ3v) is 6.71. The average molecular weight is 406 g/mol. The van der Waals surface area contributed by atoms with Gasteiger partial charge in [0.25, 0.3) is 0 Å². The molecule has 158 valence electrons. The molecule has 4 atom stereocenters. The monoisotopic (exact) mass is 405 g/mol. The lowest BCUT2D eigenvalue weighted by Gasteiger charge is -2.35. The van der Waals surface area contributed by atoms with Crippen molar-refractivity contribution in [2.45, 2.75) is 75.5 Å².